The van der Waals surface area contributed by atoms with E-state index in [4.69, 9.17) is 4.42 Å². The highest BCUT2D eigenvalue weighted by Crippen LogP contribution is 2.25. The number of aromatic nitrogens is 2. The molecule has 1 amide bonds. The summed E-state index contributed by atoms with van der Waals surface area (Å²) in [5.74, 6) is -0.169. The molecule has 0 aliphatic carbocycles. The second kappa shape index (κ2) is 9.25. The van der Waals surface area contributed by atoms with E-state index < -0.39 is 15.9 Å². The molecule has 0 saturated heterocycles. The number of rotatable bonds is 7. The van der Waals surface area contributed by atoms with Gasteiger partial charge in [-0.25, -0.2) is 8.42 Å². The Morgan fingerprint density at radius 2 is 1.69 bits per heavy atom. The van der Waals surface area contributed by atoms with Gasteiger partial charge in [-0.1, -0.05) is 29.4 Å². The van der Waals surface area contributed by atoms with Crippen LogP contribution in [0.15, 0.2) is 93.1 Å². The molecule has 0 saturated carbocycles. The van der Waals surface area contributed by atoms with E-state index in [1.54, 1.807) is 30.0 Å². The molecule has 8 nitrogen and oxygen atoms in total. The van der Waals surface area contributed by atoms with Gasteiger partial charge in [-0.15, -0.1) is 16.9 Å². The molecule has 0 fully saturated rings. The third-order valence-corrected chi connectivity index (χ3v) is 6.54. The Balaban J connectivity index is 1.43. The van der Waals surface area contributed by atoms with Crippen LogP contribution in [0.2, 0.25) is 0 Å². The van der Waals surface area contributed by atoms with Gasteiger partial charge in [-0.05, 0) is 60.9 Å². The molecule has 32 heavy (non-hydrogen) atoms. The zero-order valence-electron chi connectivity index (χ0n) is 16.8. The fourth-order valence-corrected chi connectivity index (χ4v) is 4.36. The van der Waals surface area contributed by atoms with Crippen LogP contribution < -0.4 is 10.0 Å². The number of sulfonamides is 1. The predicted molar refractivity (Wildman–Crippen MR) is 123 cm³/mol. The molecular formula is C22H18N4O4S2. The second-order valence-electron chi connectivity index (χ2n) is 6.59. The Morgan fingerprint density at radius 1 is 0.938 bits per heavy atom. The number of nitrogens with one attached hydrogen (secondary N) is 2. The van der Waals surface area contributed by atoms with Gasteiger partial charge in [0.25, 0.3) is 15.9 Å². The first-order valence-corrected chi connectivity index (χ1v) is 12.1. The number of nitrogens with zero attached hydrogens (tertiary/aromatic N) is 2. The number of hydrogen-bond donors (Lipinski definition) is 2. The number of hydrogen-bond acceptors (Lipinski definition) is 7. The van der Waals surface area contributed by atoms with Crippen molar-refractivity contribution >= 4 is 39.4 Å². The van der Waals surface area contributed by atoms with Crippen molar-refractivity contribution in [3.8, 4) is 11.5 Å². The van der Waals surface area contributed by atoms with Crippen molar-refractivity contribution < 1.29 is 17.6 Å². The fourth-order valence-electron chi connectivity index (χ4n) is 2.82. The normalized spacial score (nSPS) is 11.2. The van der Waals surface area contributed by atoms with Crippen molar-refractivity contribution in [3.63, 3.8) is 0 Å². The van der Waals surface area contributed by atoms with Crippen LogP contribution >= 0.6 is 11.8 Å². The lowest BCUT2D eigenvalue weighted by Gasteiger charge is -2.08. The maximum absolute atomic E-state index is 12.5. The maximum atomic E-state index is 12.5. The summed E-state index contributed by atoms with van der Waals surface area (Å²) in [4.78, 5) is 13.7. The van der Waals surface area contributed by atoms with Gasteiger partial charge in [0.05, 0.1) is 4.90 Å². The summed E-state index contributed by atoms with van der Waals surface area (Å²) in [5.41, 5.74) is 1.39. The van der Waals surface area contributed by atoms with Crippen LogP contribution in [0, 0.1) is 0 Å². The van der Waals surface area contributed by atoms with E-state index in [0.29, 0.717) is 17.1 Å². The van der Waals surface area contributed by atoms with Crippen LogP contribution in [0.25, 0.3) is 11.5 Å². The van der Waals surface area contributed by atoms with E-state index in [0.717, 1.165) is 10.5 Å². The standard InChI is InChI=1S/C22H18N4O4S2/c1-31-18-7-5-6-16(14-18)21-24-25-22(30-21)23-20(27)15-10-12-17(13-11-15)26-32(28,29)19-8-3-2-4-9-19/h2-14,26H,1H3,(H,23,25,27). The number of thioether (sulfide) groups is 1. The molecule has 2 N–H and O–H groups in total. The second-order valence-corrected chi connectivity index (χ2v) is 9.16. The van der Waals surface area contributed by atoms with Gasteiger partial charge in [0, 0.05) is 21.7 Å². The van der Waals surface area contributed by atoms with Gasteiger partial charge < -0.3 is 4.42 Å². The number of carbonyl (C=O) groups excluding carboxylic acids is 1. The average Bonchev–Trinajstić information content (AvgIpc) is 3.28. The zero-order valence-corrected chi connectivity index (χ0v) is 18.5. The van der Waals surface area contributed by atoms with Crippen LogP contribution in [0.5, 0.6) is 0 Å². The average molecular weight is 467 g/mol. The molecule has 0 bridgehead atoms. The summed E-state index contributed by atoms with van der Waals surface area (Å²) in [6.07, 6.45) is 1.97. The number of carbonyl (C=O) groups is 1. The summed E-state index contributed by atoms with van der Waals surface area (Å²) >= 11 is 1.59. The van der Waals surface area contributed by atoms with Crippen molar-refractivity contribution in [1.82, 2.24) is 10.2 Å². The highest BCUT2D eigenvalue weighted by molar-refractivity contribution is 7.98. The Labute approximate surface area is 189 Å². The van der Waals surface area contributed by atoms with E-state index in [-0.39, 0.29) is 10.9 Å². The third-order valence-electron chi connectivity index (χ3n) is 4.41. The molecule has 162 valence electrons. The van der Waals surface area contributed by atoms with Crippen LogP contribution in [-0.2, 0) is 10.0 Å². The van der Waals surface area contributed by atoms with E-state index >= 15 is 0 Å². The highest BCUT2D eigenvalue weighted by Gasteiger charge is 2.15. The summed E-state index contributed by atoms with van der Waals surface area (Å²) in [5, 5.41) is 10.4. The third kappa shape index (κ3) is 4.98. The Morgan fingerprint density at radius 3 is 2.41 bits per heavy atom. The van der Waals surface area contributed by atoms with Gasteiger partial charge >= 0.3 is 6.01 Å². The number of anilines is 2. The summed E-state index contributed by atoms with van der Waals surface area (Å²) < 4.78 is 32.8. The molecule has 0 atom stereocenters. The molecule has 0 unspecified atom stereocenters. The lowest BCUT2D eigenvalue weighted by Crippen LogP contribution is -2.14. The van der Waals surface area contributed by atoms with Crippen LogP contribution in [-0.4, -0.2) is 30.8 Å². The molecule has 3 aromatic carbocycles. The molecule has 0 aliphatic rings. The summed E-state index contributed by atoms with van der Waals surface area (Å²) in [6.45, 7) is 0. The number of benzene rings is 3. The molecule has 1 aromatic heterocycles. The number of amides is 1. The van der Waals surface area contributed by atoms with Gasteiger partial charge in [-0.2, -0.15) is 0 Å². The molecule has 0 radical (unpaired) electrons. The van der Waals surface area contributed by atoms with E-state index in [1.807, 2.05) is 30.5 Å². The largest absolute Gasteiger partial charge is 0.403 e. The van der Waals surface area contributed by atoms with E-state index in [9.17, 15) is 13.2 Å². The molecule has 4 rings (SSSR count). The van der Waals surface area contributed by atoms with Gasteiger partial charge in [-0.3, -0.25) is 14.8 Å². The zero-order chi connectivity index (χ0) is 22.6. The van der Waals surface area contributed by atoms with Gasteiger partial charge in [0.2, 0.25) is 5.89 Å². The van der Waals surface area contributed by atoms with Crippen molar-refractivity contribution in [2.75, 3.05) is 16.3 Å². The van der Waals surface area contributed by atoms with Gasteiger partial charge in [0.1, 0.15) is 0 Å². The fraction of sp³-hybridized carbons (Fsp3) is 0.0455. The van der Waals surface area contributed by atoms with Crippen LogP contribution in [0.4, 0.5) is 11.7 Å². The lowest BCUT2D eigenvalue weighted by molar-refractivity contribution is 0.102. The van der Waals surface area contributed by atoms with Crippen LogP contribution in [0.3, 0.4) is 0 Å². The monoisotopic (exact) mass is 466 g/mol. The van der Waals surface area contributed by atoms with Crippen molar-refractivity contribution in [3.05, 3.63) is 84.4 Å². The first-order chi connectivity index (χ1) is 15.4. The topological polar surface area (TPSA) is 114 Å². The molecule has 4 aromatic rings. The quantitative estimate of drug-likeness (QED) is 0.385. The minimum Gasteiger partial charge on any atom is -0.403 e. The molecule has 10 heteroatoms. The van der Waals surface area contributed by atoms with Crippen LogP contribution in [0.1, 0.15) is 10.4 Å². The molecule has 1 heterocycles. The van der Waals surface area contributed by atoms with E-state index in [1.165, 1.54) is 36.4 Å². The summed E-state index contributed by atoms with van der Waals surface area (Å²) in [7, 11) is -3.71. The maximum Gasteiger partial charge on any atom is 0.322 e. The predicted octanol–water partition coefficient (Wildman–Crippen LogP) is 4.51. The summed E-state index contributed by atoms with van der Waals surface area (Å²) in [6, 6.07) is 21.6. The van der Waals surface area contributed by atoms with E-state index in [2.05, 4.69) is 20.2 Å². The minimum absolute atomic E-state index is 0.0339. The Hall–Kier alpha value is -3.63. The lowest BCUT2D eigenvalue weighted by atomic mass is 10.2. The highest BCUT2D eigenvalue weighted by atomic mass is 32.2. The first kappa shape index (κ1) is 21.6. The molecule has 0 spiro atoms. The minimum atomic E-state index is -3.71. The van der Waals surface area contributed by atoms with Gasteiger partial charge in [0.15, 0.2) is 0 Å². The first-order valence-electron chi connectivity index (χ1n) is 9.42. The molecular weight excluding hydrogens is 448 g/mol. The molecule has 0 aliphatic heterocycles. The Kier molecular flexibility index (Phi) is 6.24. The Bertz CT molecular complexity index is 1340. The van der Waals surface area contributed by atoms with Crippen molar-refractivity contribution in [2.24, 2.45) is 0 Å². The smallest absolute Gasteiger partial charge is 0.322 e. The van der Waals surface area contributed by atoms with Crippen molar-refractivity contribution in [1.29, 1.82) is 0 Å². The van der Waals surface area contributed by atoms with Crippen molar-refractivity contribution in [2.45, 2.75) is 9.79 Å². The SMILES string of the molecule is CSc1cccc(-c2nnc(NC(=O)c3ccc(NS(=O)(=O)c4ccccc4)cc3)o2)c1.